The molecular weight excluding hydrogens is 386 g/mol. The maximum Gasteiger partial charge on any atom is 0.266 e. The van der Waals surface area contributed by atoms with Gasteiger partial charge >= 0.3 is 0 Å². The molecule has 5 nitrogen and oxygen atoms in total. The topological polar surface area (TPSA) is 64.0 Å². The Bertz CT molecular complexity index is 1060. The van der Waals surface area contributed by atoms with Gasteiger partial charge in [-0.05, 0) is 61.2 Å². The standard InChI is InChI=1S/C23H24ClN3O2/c1-16-3-6-19(15-17(16)2)21-9-10-23(29)27(26-21)14-12-22(28)25-13-11-18-4-7-20(24)8-5-18/h3-10,15H,11-14H2,1-2H3,(H,25,28). The van der Waals surface area contributed by atoms with Crippen LogP contribution < -0.4 is 10.9 Å². The van der Waals surface area contributed by atoms with Crippen LogP contribution in [0.25, 0.3) is 11.3 Å². The summed E-state index contributed by atoms with van der Waals surface area (Å²) < 4.78 is 1.35. The van der Waals surface area contributed by atoms with Crippen molar-refractivity contribution in [1.82, 2.24) is 15.1 Å². The van der Waals surface area contributed by atoms with E-state index in [-0.39, 0.29) is 24.4 Å². The molecule has 6 heteroatoms. The van der Waals surface area contributed by atoms with Crippen LogP contribution in [0.2, 0.25) is 5.02 Å². The number of carbonyl (C=O) groups excluding carboxylic acids is 1. The van der Waals surface area contributed by atoms with E-state index in [2.05, 4.69) is 23.4 Å². The second kappa shape index (κ2) is 9.52. The number of benzene rings is 2. The zero-order valence-corrected chi connectivity index (χ0v) is 17.4. The number of aryl methyl sites for hydroxylation is 3. The second-order valence-electron chi connectivity index (χ2n) is 7.06. The van der Waals surface area contributed by atoms with Crippen LogP contribution in [-0.2, 0) is 17.8 Å². The smallest absolute Gasteiger partial charge is 0.266 e. The lowest BCUT2D eigenvalue weighted by atomic mass is 10.0. The molecule has 0 bridgehead atoms. The highest BCUT2D eigenvalue weighted by Gasteiger charge is 2.07. The lowest BCUT2D eigenvalue weighted by Crippen LogP contribution is -2.29. The van der Waals surface area contributed by atoms with Gasteiger partial charge in [0.25, 0.3) is 5.56 Å². The number of halogens is 1. The molecule has 0 spiro atoms. The van der Waals surface area contributed by atoms with Crippen molar-refractivity contribution in [2.24, 2.45) is 0 Å². The first-order chi connectivity index (χ1) is 13.9. The van der Waals surface area contributed by atoms with Crippen molar-refractivity contribution >= 4 is 17.5 Å². The summed E-state index contributed by atoms with van der Waals surface area (Å²) in [6.07, 6.45) is 0.924. The maximum absolute atomic E-state index is 12.1. The number of rotatable bonds is 7. The molecule has 0 unspecified atom stereocenters. The predicted molar refractivity (Wildman–Crippen MR) is 116 cm³/mol. The highest BCUT2D eigenvalue weighted by atomic mass is 35.5. The van der Waals surface area contributed by atoms with E-state index >= 15 is 0 Å². The largest absolute Gasteiger partial charge is 0.356 e. The van der Waals surface area contributed by atoms with Crippen LogP contribution in [0.5, 0.6) is 0 Å². The molecule has 0 aliphatic heterocycles. The van der Waals surface area contributed by atoms with Crippen molar-refractivity contribution in [3.05, 3.63) is 86.7 Å². The van der Waals surface area contributed by atoms with Crippen molar-refractivity contribution < 1.29 is 4.79 Å². The Hall–Kier alpha value is -2.92. The summed E-state index contributed by atoms with van der Waals surface area (Å²) in [4.78, 5) is 24.3. The minimum Gasteiger partial charge on any atom is -0.356 e. The first kappa shape index (κ1) is 20.8. The van der Waals surface area contributed by atoms with Crippen molar-refractivity contribution in [2.75, 3.05) is 6.54 Å². The molecule has 1 N–H and O–H groups in total. The Morgan fingerprint density at radius 2 is 1.79 bits per heavy atom. The summed E-state index contributed by atoms with van der Waals surface area (Å²) in [6, 6.07) is 16.8. The van der Waals surface area contributed by atoms with E-state index in [1.54, 1.807) is 6.07 Å². The van der Waals surface area contributed by atoms with Gasteiger partial charge in [0, 0.05) is 29.6 Å². The van der Waals surface area contributed by atoms with Crippen LogP contribution in [0.4, 0.5) is 0 Å². The molecule has 1 heterocycles. The van der Waals surface area contributed by atoms with E-state index in [9.17, 15) is 9.59 Å². The zero-order chi connectivity index (χ0) is 20.8. The summed E-state index contributed by atoms with van der Waals surface area (Å²) in [5.41, 5.74) is 4.93. The average molecular weight is 410 g/mol. The zero-order valence-electron chi connectivity index (χ0n) is 16.6. The average Bonchev–Trinajstić information content (AvgIpc) is 2.71. The van der Waals surface area contributed by atoms with Crippen LogP contribution >= 0.6 is 11.6 Å². The number of hydrogen-bond acceptors (Lipinski definition) is 3. The molecule has 150 valence electrons. The van der Waals surface area contributed by atoms with Gasteiger partial charge in [0.1, 0.15) is 0 Å². The first-order valence-electron chi connectivity index (χ1n) is 9.59. The fourth-order valence-electron chi connectivity index (χ4n) is 2.96. The van der Waals surface area contributed by atoms with Crippen molar-refractivity contribution in [2.45, 2.75) is 33.2 Å². The van der Waals surface area contributed by atoms with Gasteiger partial charge in [0.05, 0.1) is 12.2 Å². The van der Waals surface area contributed by atoms with Gasteiger partial charge in [-0.2, -0.15) is 5.10 Å². The third-order valence-corrected chi connectivity index (χ3v) is 5.12. The molecular formula is C23H24ClN3O2. The SMILES string of the molecule is Cc1ccc(-c2ccc(=O)n(CCC(=O)NCCc3ccc(Cl)cc3)n2)cc1C. The molecule has 3 aromatic rings. The van der Waals surface area contributed by atoms with E-state index in [1.165, 1.54) is 21.9 Å². The molecule has 0 radical (unpaired) electrons. The summed E-state index contributed by atoms with van der Waals surface area (Å²) in [7, 11) is 0. The Labute approximate surface area is 175 Å². The van der Waals surface area contributed by atoms with E-state index in [0.717, 1.165) is 23.2 Å². The Balaban J connectivity index is 1.56. The van der Waals surface area contributed by atoms with E-state index in [4.69, 9.17) is 11.6 Å². The van der Waals surface area contributed by atoms with Gasteiger partial charge in [-0.15, -0.1) is 0 Å². The molecule has 1 aromatic heterocycles. The quantitative estimate of drug-likeness (QED) is 0.643. The first-order valence-corrected chi connectivity index (χ1v) is 9.97. The van der Waals surface area contributed by atoms with E-state index in [1.807, 2.05) is 43.3 Å². The molecule has 3 rings (SSSR count). The normalized spacial score (nSPS) is 10.7. The number of nitrogens with zero attached hydrogens (tertiary/aromatic N) is 2. The van der Waals surface area contributed by atoms with Crippen LogP contribution in [-0.4, -0.2) is 22.2 Å². The van der Waals surface area contributed by atoms with Crippen molar-refractivity contribution in [1.29, 1.82) is 0 Å². The number of hydrogen-bond donors (Lipinski definition) is 1. The van der Waals surface area contributed by atoms with Crippen molar-refractivity contribution in [3.8, 4) is 11.3 Å². The van der Waals surface area contributed by atoms with Gasteiger partial charge < -0.3 is 5.32 Å². The molecule has 29 heavy (non-hydrogen) atoms. The molecule has 0 saturated heterocycles. The molecule has 0 fully saturated rings. The fraction of sp³-hybridized carbons (Fsp3) is 0.261. The van der Waals surface area contributed by atoms with Gasteiger partial charge in [-0.3, -0.25) is 9.59 Å². The molecule has 0 aliphatic rings. The Kier molecular flexibility index (Phi) is 6.83. The number of amides is 1. The molecule has 0 saturated carbocycles. The van der Waals surface area contributed by atoms with Crippen LogP contribution in [0.15, 0.2) is 59.4 Å². The highest BCUT2D eigenvalue weighted by molar-refractivity contribution is 6.30. The molecule has 2 aromatic carbocycles. The summed E-state index contributed by atoms with van der Waals surface area (Å²) in [5, 5.41) is 8.01. The third-order valence-electron chi connectivity index (χ3n) is 4.87. The second-order valence-corrected chi connectivity index (χ2v) is 7.49. The lowest BCUT2D eigenvalue weighted by molar-refractivity contribution is -0.121. The van der Waals surface area contributed by atoms with Gasteiger partial charge in [0.2, 0.25) is 5.91 Å². The maximum atomic E-state index is 12.1. The highest BCUT2D eigenvalue weighted by Crippen LogP contribution is 2.19. The monoisotopic (exact) mass is 409 g/mol. The summed E-state index contributed by atoms with van der Waals surface area (Å²) >= 11 is 5.87. The molecule has 1 amide bonds. The lowest BCUT2D eigenvalue weighted by Gasteiger charge is -2.09. The Morgan fingerprint density at radius 3 is 2.52 bits per heavy atom. The number of nitrogens with one attached hydrogen (secondary N) is 1. The Morgan fingerprint density at radius 1 is 1.03 bits per heavy atom. The van der Waals surface area contributed by atoms with Gasteiger partial charge in [-0.25, -0.2) is 4.68 Å². The minimum absolute atomic E-state index is 0.107. The van der Waals surface area contributed by atoms with Crippen LogP contribution in [0, 0.1) is 13.8 Å². The molecule has 0 aliphatic carbocycles. The van der Waals surface area contributed by atoms with Crippen LogP contribution in [0.3, 0.4) is 0 Å². The fourth-order valence-corrected chi connectivity index (χ4v) is 3.08. The van der Waals surface area contributed by atoms with Gasteiger partial charge in [0.15, 0.2) is 0 Å². The predicted octanol–water partition coefficient (Wildman–Crippen LogP) is 3.93. The number of aromatic nitrogens is 2. The van der Waals surface area contributed by atoms with E-state index < -0.39 is 0 Å². The molecule has 0 atom stereocenters. The number of carbonyl (C=O) groups is 1. The van der Waals surface area contributed by atoms with Crippen molar-refractivity contribution in [3.63, 3.8) is 0 Å². The van der Waals surface area contributed by atoms with E-state index in [0.29, 0.717) is 11.6 Å². The third kappa shape index (κ3) is 5.78. The van der Waals surface area contributed by atoms with Crippen LogP contribution in [0.1, 0.15) is 23.1 Å². The summed E-state index contributed by atoms with van der Waals surface area (Å²) in [6.45, 7) is 4.87. The van der Waals surface area contributed by atoms with Gasteiger partial charge in [-0.1, -0.05) is 35.9 Å². The summed E-state index contributed by atoms with van der Waals surface area (Å²) in [5.74, 6) is -0.107. The minimum atomic E-state index is -0.216.